The Hall–Kier alpha value is -0.280. The first-order chi connectivity index (χ1) is 7.63. The lowest BCUT2D eigenvalue weighted by molar-refractivity contribution is -0.121. The lowest BCUT2D eigenvalue weighted by atomic mass is 9.85. The van der Waals surface area contributed by atoms with Crippen molar-refractivity contribution in [2.75, 3.05) is 19.0 Å². The van der Waals surface area contributed by atoms with Gasteiger partial charge in [-0.25, -0.2) is 0 Å². The molecule has 16 heavy (non-hydrogen) atoms. The topological polar surface area (TPSA) is 41.1 Å². The van der Waals surface area contributed by atoms with E-state index in [4.69, 9.17) is 11.6 Å². The van der Waals surface area contributed by atoms with E-state index in [9.17, 15) is 4.79 Å². The summed E-state index contributed by atoms with van der Waals surface area (Å²) in [7, 11) is 0. The molecule has 2 atom stereocenters. The molecule has 2 N–H and O–H groups in total. The molecule has 0 aromatic heterocycles. The highest BCUT2D eigenvalue weighted by Crippen LogP contribution is 2.21. The number of hydrogen-bond acceptors (Lipinski definition) is 2. The van der Waals surface area contributed by atoms with E-state index in [1.165, 1.54) is 6.42 Å². The van der Waals surface area contributed by atoms with Crippen LogP contribution in [0.4, 0.5) is 0 Å². The molecule has 0 aromatic carbocycles. The van der Waals surface area contributed by atoms with Gasteiger partial charge < -0.3 is 10.6 Å². The third kappa shape index (κ3) is 4.71. The number of hydrogen-bond donors (Lipinski definition) is 2. The zero-order valence-electron chi connectivity index (χ0n) is 10.3. The number of rotatable bonds is 5. The first kappa shape index (κ1) is 13.8. The van der Waals surface area contributed by atoms with Gasteiger partial charge in [0.2, 0.25) is 5.91 Å². The van der Waals surface area contributed by atoms with E-state index in [0.717, 1.165) is 19.5 Å². The van der Waals surface area contributed by atoms with Crippen LogP contribution in [0.15, 0.2) is 0 Å². The molecule has 1 rings (SSSR count). The molecule has 1 aliphatic rings. The molecule has 3 nitrogen and oxygen atoms in total. The van der Waals surface area contributed by atoms with Crippen molar-refractivity contribution in [3.63, 3.8) is 0 Å². The average molecular weight is 247 g/mol. The monoisotopic (exact) mass is 246 g/mol. The maximum atomic E-state index is 11.5. The summed E-state index contributed by atoms with van der Waals surface area (Å²) < 4.78 is 0. The molecule has 94 valence electrons. The van der Waals surface area contributed by atoms with Gasteiger partial charge in [-0.2, -0.15) is 0 Å². The van der Waals surface area contributed by atoms with E-state index < -0.39 is 0 Å². The lowest BCUT2D eigenvalue weighted by Gasteiger charge is -2.33. The van der Waals surface area contributed by atoms with E-state index in [-0.39, 0.29) is 11.9 Å². The highest BCUT2D eigenvalue weighted by Gasteiger charge is 2.26. The van der Waals surface area contributed by atoms with E-state index in [0.29, 0.717) is 24.1 Å². The van der Waals surface area contributed by atoms with Crippen LogP contribution in [-0.4, -0.2) is 30.9 Å². The molecule has 0 spiro atoms. The largest absolute Gasteiger partial charge is 0.352 e. The lowest BCUT2D eigenvalue weighted by Crippen LogP contribution is -2.51. The molecular weight excluding hydrogens is 224 g/mol. The Morgan fingerprint density at radius 1 is 1.56 bits per heavy atom. The molecule has 1 aliphatic heterocycles. The summed E-state index contributed by atoms with van der Waals surface area (Å²) in [5.41, 5.74) is 0. The zero-order chi connectivity index (χ0) is 12.0. The third-order valence-electron chi connectivity index (χ3n) is 3.07. The highest BCUT2D eigenvalue weighted by molar-refractivity contribution is 6.18. The van der Waals surface area contributed by atoms with Crippen molar-refractivity contribution in [2.45, 2.75) is 39.2 Å². The molecule has 0 aromatic rings. The molecule has 1 amide bonds. The van der Waals surface area contributed by atoms with Crippen LogP contribution >= 0.6 is 11.6 Å². The Balaban J connectivity index is 2.43. The number of carbonyl (C=O) groups is 1. The Bertz CT molecular complexity index is 221. The van der Waals surface area contributed by atoms with Crippen molar-refractivity contribution in [3.05, 3.63) is 0 Å². The minimum atomic E-state index is 0.0810. The Morgan fingerprint density at radius 2 is 2.31 bits per heavy atom. The summed E-state index contributed by atoms with van der Waals surface area (Å²) in [5.74, 6) is 1.79. The van der Waals surface area contributed by atoms with Gasteiger partial charge in [0.25, 0.3) is 0 Å². The van der Waals surface area contributed by atoms with Gasteiger partial charge >= 0.3 is 0 Å². The quantitative estimate of drug-likeness (QED) is 0.726. The highest BCUT2D eigenvalue weighted by atomic mass is 35.5. The minimum Gasteiger partial charge on any atom is -0.352 e. The number of carbonyl (C=O) groups excluding carboxylic acids is 1. The van der Waals surface area contributed by atoms with Gasteiger partial charge in [0, 0.05) is 24.9 Å². The summed E-state index contributed by atoms with van der Waals surface area (Å²) in [5, 5.41) is 6.43. The summed E-state index contributed by atoms with van der Waals surface area (Å²) in [6.07, 6.45) is 2.77. The van der Waals surface area contributed by atoms with Gasteiger partial charge in [-0.15, -0.1) is 11.6 Å². The second-order valence-corrected chi connectivity index (χ2v) is 5.37. The van der Waals surface area contributed by atoms with Gasteiger partial charge in [0.15, 0.2) is 0 Å². The van der Waals surface area contributed by atoms with Gasteiger partial charge in [-0.3, -0.25) is 4.79 Å². The molecule has 1 saturated heterocycles. The third-order valence-corrected chi connectivity index (χ3v) is 3.26. The van der Waals surface area contributed by atoms with Crippen LogP contribution in [0.2, 0.25) is 0 Å². The summed E-state index contributed by atoms with van der Waals surface area (Å²) in [6, 6.07) is 0.284. The molecule has 0 radical (unpaired) electrons. The summed E-state index contributed by atoms with van der Waals surface area (Å²) in [6.45, 7) is 6.43. The molecule has 1 fully saturated rings. The zero-order valence-corrected chi connectivity index (χ0v) is 11.0. The van der Waals surface area contributed by atoms with E-state index >= 15 is 0 Å². The Labute approximate surface area is 103 Å². The van der Waals surface area contributed by atoms with E-state index in [1.807, 2.05) is 0 Å². The van der Waals surface area contributed by atoms with Crippen molar-refractivity contribution in [1.29, 1.82) is 0 Å². The number of nitrogens with one attached hydrogen (secondary N) is 2. The number of alkyl halides is 1. The van der Waals surface area contributed by atoms with Crippen molar-refractivity contribution in [3.8, 4) is 0 Å². The number of piperidine rings is 1. The molecule has 0 aliphatic carbocycles. The predicted octanol–water partition coefficient (Wildman–Crippen LogP) is 1.76. The van der Waals surface area contributed by atoms with Gasteiger partial charge in [-0.1, -0.05) is 13.8 Å². The van der Waals surface area contributed by atoms with Crippen LogP contribution in [-0.2, 0) is 4.79 Å². The Kier molecular flexibility index (Phi) is 6.14. The van der Waals surface area contributed by atoms with Crippen molar-refractivity contribution < 1.29 is 4.79 Å². The fourth-order valence-corrected chi connectivity index (χ4v) is 2.51. The predicted molar refractivity (Wildman–Crippen MR) is 67.7 cm³/mol. The van der Waals surface area contributed by atoms with Crippen LogP contribution in [0.5, 0.6) is 0 Å². The number of amides is 1. The molecular formula is C12H23ClN2O. The van der Waals surface area contributed by atoms with E-state index in [1.54, 1.807) is 0 Å². The van der Waals surface area contributed by atoms with Crippen molar-refractivity contribution in [1.82, 2.24) is 10.6 Å². The second-order valence-electron chi connectivity index (χ2n) is 5.00. The smallest absolute Gasteiger partial charge is 0.221 e. The van der Waals surface area contributed by atoms with Crippen LogP contribution in [0, 0.1) is 11.8 Å². The standard InChI is InChI=1S/C12H23ClN2O/c1-9(2)7-10-4-6-14-8-11(10)15-12(16)3-5-13/h9-11,14H,3-8H2,1-2H3,(H,15,16). The van der Waals surface area contributed by atoms with Gasteiger partial charge in [-0.05, 0) is 31.2 Å². The van der Waals surface area contributed by atoms with Crippen LogP contribution in [0.25, 0.3) is 0 Å². The normalized spacial score (nSPS) is 25.8. The van der Waals surface area contributed by atoms with Crippen molar-refractivity contribution in [2.24, 2.45) is 11.8 Å². The fraction of sp³-hybridized carbons (Fsp3) is 0.917. The molecule has 1 heterocycles. The van der Waals surface area contributed by atoms with Crippen LogP contribution < -0.4 is 10.6 Å². The van der Waals surface area contributed by atoms with Crippen LogP contribution in [0.1, 0.15) is 33.1 Å². The summed E-state index contributed by atoms with van der Waals surface area (Å²) >= 11 is 5.56. The second kappa shape index (κ2) is 7.13. The minimum absolute atomic E-state index is 0.0810. The molecule has 4 heteroatoms. The summed E-state index contributed by atoms with van der Waals surface area (Å²) in [4.78, 5) is 11.5. The SMILES string of the molecule is CC(C)CC1CCNCC1NC(=O)CCCl. The molecule has 2 unspecified atom stereocenters. The first-order valence-electron chi connectivity index (χ1n) is 6.19. The van der Waals surface area contributed by atoms with Crippen molar-refractivity contribution >= 4 is 17.5 Å². The number of halogens is 1. The average Bonchev–Trinajstić information content (AvgIpc) is 2.20. The molecule has 0 bridgehead atoms. The van der Waals surface area contributed by atoms with Gasteiger partial charge in [0.05, 0.1) is 0 Å². The first-order valence-corrected chi connectivity index (χ1v) is 6.73. The van der Waals surface area contributed by atoms with Crippen LogP contribution in [0.3, 0.4) is 0 Å². The van der Waals surface area contributed by atoms with Gasteiger partial charge in [0.1, 0.15) is 0 Å². The Morgan fingerprint density at radius 3 is 2.94 bits per heavy atom. The maximum absolute atomic E-state index is 11.5. The van der Waals surface area contributed by atoms with E-state index in [2.05, 4.69) is 24.5 Å². The molecule has 0 saturated carbocycles. The maximum Gasteiger partial charge on any atom is 0.221 e. The fourth-order valence-electron chi connectivity index (χ4n) is 2.33.